The average molecular weight is 901 g/mol. The van der Waals surface area contributed by atoms with Gasteiger partial charge in [-0.2, -0.15) is 0 Å². The van der Waals surface area contributed by atoms with E-state index in [1.807, 2.05) is 0 Å². The van der Waals surface area contributed by atoms with Gasteiger partial charge >= 0.3 is 0 Å². The van der Waals surface area contributed by atoms with Crippen molar-refractivity contribution in [3.05, 3.63) is 253 Å². The highest BCUT2D eigenvalue weighted by molar-refractivity contribution is 6.22. The van der Waals surface area contributed by atoms with Gasteiger partial charge in [-0.05, 0) is 153 Å². The Morgan fingerprint density at radius 2 is 0.704 bits per heavy atom. The minimum absolute atomic E-state index is 0.555. The number of aryl methyl sites for hydroxylation is 2. The van der Waals surface area contributed by atoms with Crippen LogP contribution in [-0.4, -0.2) is 9.13 Å². The lowest BCUT2D eigenvalue weighted by Gasteiger charge is -2.33. The summed E-state index contributed by atoms with van der Waals surface area (Å²) in [5.74, 6) is 0. The van der Waals surface area contributed by atoms with Gasteiger partial charge in [-0.1, -0.05) is 188 Å². The van der Waals surface area contributed by atoms with Crippen LogP contribution in [0.5, 0.6) is 0 Å². The van der Waals surface area contributed by atoms with Crippen molar-refractivity contribution in [2.24, 2.45) is 14.1 Å². The second-order valence-corrected chi connectivity index (χ2v) is 19.9. The van der Waals surface area contributed by atoms with E-state index in [9.17, 15) is 0 Å². The van der Waals surface area contributed by atoms with Crippen LogP contribution in [0.15, 0.2) is 231 Å². The largest absolute Gasteiger partial charge is 0.344 e. The fourth-order valence-electron chi connectivity index (χ4n) is 13.8. The molecule has 330 valence electrons. The molecular formula is C69H44N2. The molecule has 2 heteroatoms. The zero-order valence-electron chi connectivity index (χ0n) is 39.3. The second-order valence-electron chi connectivity index (χ2n) is 19.9. The van der Waals surface area contributed by atoms with E-state index in [1.165, 1.54) is 154 Å². The van der Waals surface area contributed by atoms with Gasteiger partial charge in [-0.25, -0.2) is 0 Å². The molecule has 0 aliphatic heterocycles. The van der Waals surface area contributed by atoms with E-state index in [0.717, 1.165) is 0 Å². The second kappa shape index (κ2) is 14.1. The lowest BCUT2D eigenvalue weighted by molar-refractivity contribution is 0.796. The van der Waals surface area contributed by atoms with Gasteiger partial charge in [0.05, 0.1) is 5.41 Å². The Morgan fingerprint density at radius 1 is 0.268 bits per heavy atom. The fraction of sp³-hybridized carbons (Fsp3) is 0.0435. The molecular weight excluding hydrogens is 857 g/mol. The number of hydrogen-bond acceptors (Lipinski definition) is 0. The molecule has 2 aromatic heterocycles. The van der Waals surface area contributed by atoms with Crippen LogP contribution in [-0.2, 0) is 19.5 Å². The summed E-state index contributed by atoms with van der Waals surface area (Å²) in [5, 5.41) is 12.6. The van der Waals surface area contributed by atoms with E-state index in [2.05, 4.69) is 254 Å². The predicted molar refractivity (Wildman–Crippen MR) is 300 cm³/mol. The first-order valence-corrected chi connectivity index (χ1v) is 24.9. The van der Waals surface area contributed by atoms with Gasteiger partial charge in [0.25, 0.3) is 0 Å². The van der Waals surface area contributed by atoms with Gasteiger partial charge in [-0.3, -0.25) is 0 Å². The molecule has 0 fully saturated rings. The summed E-state index contributed by atoms with van der Waals surface area (Å²) in [6.45, 7) is 0. The quantitative estimate of drug-likeness (QED) is 0.156. The molecule has 2 aliphatic carbocycles. The highest BCUT2D eigenvalue weighted by Crippen LogP contribution is 2.66. The normalized spacial score (nSPS) is 13.3. The Hall–Kier alpha value is -8.98. The first kappa shape index (κ1) is 38.9. The highest BCUT2D eigenvalue weighted by Gasteiger charge is 2.53. The van der Waals surface area contributed by atoms with Crippen molar-refractivity contribution in [1.29, 1.82) is 0 Å². The summed E-state index contributed by atoms with van der Waals surface area (Å²) in [4.78, 5) is 0. The smallest absolute Gasteiger partial charge is 0.0731 e. The molecule has 0 amide bonds. The lowest BCUT2D eigenvalue weighted by atomic mass is 9.68. The fourth-order valence-corrected chi connectivity index (χ4v) is 13.8. The summed E-state index contributed by atoms with van der Waals surface area (Å²) in [5.41, 5.74) is 22.5. The lowest BCUT2D eigenvalue weighted by Crippen LogP contribution is -2.26. The molecule has 71 heavy (non-hydrogen) atoms. The summed E-state index contributed by atoms with van der Waals surface area (Å²) < 4.78 is 4.66. The first-order chi connectivity index (χ1) is 35.1. The van der Waals surface area contributed by atoms with E-state index in [0.29, 0.717) is 0 Å². The van der Waals surface area contributed by atoms with Crippen LogP contribution < -0.4 is 0 Å². The van der Waals surface area contributed by atoms with Crippen molar-refractivity contribution in [1.82, 2.24) is 9.13 Å². The van der Waals surface area contributed by atoms with Crippen molar-refractivity contribution >= 4 is 75.9 Å². The molecule has 2 nitrogen and oxygen atoms in total. The molecule has 0 bridgehead atoms. The molecule has 14 aromatic rings. The Morgan fingerprint density at radius 3 is 1.30 bits per heavy atom. The standard InChI is InChI=1S/C69H44N2/c1-70-62-30-11-7-20-49(62)57-38-42(33-36-64(57)70)44-22-13-24-51-55(44)40-56-45(43-34-37-65-58(39-43)50-21-8-12-31-63(50)71(65)2)23-14-25-52(56)66(51)53-26-15-27-54-67-46-17-4-3-16-41(46)32-35-61(67)69(68(53)54)59-28-9-5-18-47(59)48-19-6-10-29-60(48)69/h3-40H,1-2H3. The number of benzene rings is 12. The zero-order chi connectivity index (χ0) is 46.7. The summed E-state index contributed by atoms with van der Waals surface area (Å²) >= 11 is 0. The van der Waals surface area contributed by atoms with Gasteiger partial charge in [0.2, 0.25) is 0 Å². The van der Waals surface area contributed by atoms with E-state index >= 15 is 0 Å². The summed E-state index contributed by atoms with van der Waals surface area (Å²) in [6, 6.07) is 87.7. The molecule has 0 unspecified atom stereocenters. The van der Waals surface area contributed by atoms with Gasteiger partial charge in [-0.15, -0.1) is 0 Å². The number of aromatic nitrogens is 2. The monoisotopic (exact) mass is 900 g/mol. The number of hydrogen-bond donors (Lipinski definition) is 0. The molecule has 2 heterocycles. The molecule has 0 atom stereocenters. The van der Waals surface area contributed by atoms with Gasteiger partial charge in [0.15, 0.2) is 0 Å². The maximum atomic E-state index is 2.51. The van der Waals surface area contributed by atoms with E-state index < -0.39 is 5.41 Å². The number of para-hydroxylation sites is 2. The minimum atomic E-state index is -0.555. The molecule has 0 N–H and O–H groups in total. The van der Waals surface area contributed by atoms with Gasteiger partial charge in [0, 0.05) is 57.7 Å². The average Bonchev–Trinajstić information content (AvgIpc) is 4.11. The maximum Gasteiger partial charge on any atom is 0.0731 e. The molecule has 0 radical (unpaired) electrons. The van der Waals surface area contributed by atoms with Gasteiger partial charge in [0.1, 0.15) is 0 Å². The number of fused-ring (bicyclic) bond motifs is 20. The molecule has 12 aromatic carbocycles. The third-order valence-corrected chi connectivity index (χ3v) is 16.8. The maximum absolute atomic E-state index is 2.51. The van der Waals surface area contributed by atoms with Crippen LogP contribution in [0, 0.1) is 0 Å². The van der Waals surface area contributed by atoms with Crippen LogP contribution in [0.2, 0.25) is 0 Å². The van der Waals surface area contributed by atoms with E-state index in [-0.39, 0.29) is 0 Å². The van der Waals surface area contributed by atoms with Crippen molar-refractivity contribution < 1.29 is 0 Å². The highest BCUT2D eigenvalue weighted by atomic mass is 14.9. The molecule has 2 aliphatic rings. The topological polar surface area (TPSA) is 9.86 Å². The van der Waals surface area contributed by atoms with Crippen LogP contribution in [0.4, 0.5) is 0 Å². The van der Waals surface area contributed by atoms with Crippen molar-refractivity contribution in [2.45, 2.75) is 5.41 Å². The Bertz CT molecular complexity index is 4450. The zero-order valence-corrected chi connectivity index (χ0v) is 39.3. The van der Waals surface area contributed by atoms with Crippen molar-refractivity contribution in [3.8, 4) is 55.6 Å². The molecule has 1 spiro atoms. The molecule has 0 saturated carbocycles. The van der Waals surface area contributed by atoms with Gasteiger partial charge < -0.3 is 9.13 Å². The number of rotatable bonds is 3. The Kier molecular flexibility index (Phi) is 7.71. The van der Waals surface area contributed by atoms with Crippen LogP contribution >= 0.6 is 0 Å². The Labute approximate surface area is 410 Å². The SMILES string of the molecule is Cn1c2ccccc2c2cc(-c3cccc4c(-c5cccc6c5C5(c7ccccc7-c7ccccc75)c5ccc7ccccc7c5-6)c5cccc(-c6ccc7c(c6)c6ccccc6n7C)c5cc34)ccc21. The van der Waals surface area contributed by atoms with Crippen LogP contribution in [0.3, 0.4) is 0 Å². The molecule has 16 rings (SSSR count). The minimum Gasteiger partial charge on any atom is -0.344 e. The summed E-state index contributed by atoms with van der Waals surface area (Å²) in [6.07, 6.45) is 0. The first-order valence-electron chi connectivity index (χ1n) is 24.9. The van der Waals surface area contributed by atoms with Crippen LogP contribution in [0.25, 0.3) is 132 Å². The Balaban J connectivity index is 1.06. The van der Waals surface area contributed by atoms with E-state index in [4.69, 9.17) is 0 Å². The van der Waals surface area contributed by atoms with Crippen LogP contribution in [0.1, 0.15) is 22.3 Å². The summed E-state index contributed by atoms with van der Waals surface area (Å²) in [7, 11) is 4.37. The van der Waals surface area contributed by atoms with Crippen molar-refractivity contribution in [2.75, 3.05) is 0 Å². The third-order valence-electron chi connectivity index (χ3n) is 16.8. The van der Waals surface area contributed by atoms with Crippen molar-refractivity contribution in [3.63, 3.8) is 0 Å². The number of nitrogens with zero attached hydrogens (tertiary/aromatic N) is 2. The third kappa shape index (κ3) is 4.96. The van der Waals surface area contributed by atoms with E-state index in [1.54, 1.807) is 0 Å². The molecule has 0 saturated heterocycles. The predicted octanol–water partition coefficient (Wildman–Crippen LogP) is 17.8.